The zero-order valence-corrected chi connectivity index (χ0v) is 26.2. The van der Waals surface area contributed by atoms with Gasteiger partial charge in [0.2, 0.25) is 5.91 Å². The van der Waals surface area contributed by atoms with Crippen LogP contribution in [0.3, 0.4) is 0 Å². The molecular formula is C30H57N2O6P. The molecule has 39 heavy (non-hydrogen) atoms. The summed E-state index contributed by atoms with van der Waals surface area (Å²) in [7, 11) is 1.22. The zero-order chi connectivity index (χ0) is 29.4. The molecule has 0 aliphatic rings. The number of allylic oxidation sites excluding steroid dienone is 5. The number of quaternary nitrogens is 1. The Morgan fingerprint density at radius 1 is 0.872 bits per heavy atom. The number of phosphoric acid groups is 1. The molecule has 0 saturated heterocycles. The highest BCUT2D eigenvalue weighted by molar-refractivity contribution is 7.45. The summed E-state index contributed by atoms with van der Waals surface area (Å²) in [4.78, 5) is 23.5. The van der Waals surface area contributed by atoms with Crippen LogP contribution in [0.2, 0.25) is 0 Å². The van der Waals surface area contributed by atoms with Crippen molar-refractivity contribution in [3.8, 4) is 0 Å². The van der Waals surface area contributed by atoms with E-state index in [1.807, 2.05) is 27.2 Å². The van der Waals surface area contributed by atoms with Gasteiger partial charge in [0.05, 0.1) is 39.9 Å². The fourth-order valence-electron chi connectivity index (χ4n) is 3.74. The van der Waals surface area contributed by atoms with Gasteiger partial charge in [-0.25, -0.2) is 0 Å². The lowest BCUT2D eigenvalue weighted by Crippen LogP contribution is -2.45. The number of carbonyl (C=O) groups is 1. The molecule has 0 bridgehead atoms. The highest BCUT2D eigenvalue weighted by Crippen LogP contribution is 2.38. The summed E-state index contributed by atoms with van der Waals surface area (Å²) < 4.78 is 22.4. The van der Waals surface area contributed by atoms with Gasteiger partial charge in [-0.2, -0.15) is 0 Å². The van der Waals surface area contributed by atoms with Crippen LogP contribution in [0.1, 0.15) is 97.3 Å². The van der Waals surface area contributed by atoms with Gasteiger partial charge in [-0.15, -0.1) is 0 Å². The predicted octanol–water partition coefficient (Wildman–Crippen LogP) is 5.82. The van der Waals surface area contributed by atoms with Gasteiger partial charge in [0.25, 0.3) is 7.82 Å². The predicted molar refractivity (Wildman–Crippen MR) is 159 cm³/mol. The molecule has 0 saturated carbocycles. The Hall–Kier alpha value is -1.28. The van der Waals surface area contributed by atoms with Crippen molar-refractivity contribution >= 4 is 13.7 Å². The zero-order valence-electron chi connectivity index (χ0n) is 25.3. The molecule has 0 aromatic heterocycles. The molecule has 0 aromatic carbocycles. The first kappa shape index (κ1) is 37.7. The smallest absolute Gasteiger partial charge is 0.268 e. The van der Waals surface area contributed by atoms with Crippen molar-refractivity contribution < 1.29 is 32.9 Å². The van der Waals surface area contributed by atoms with Crippen molar-refractivity contribution in [2.24, 2.45) is 0 Å². The van der Waals surface area contributed by atoms with Crippen LogP contribution in [0.25, 0.3) is 0 Å². The van der Waals surface area contributed by atoms with E-state index in [-0.39, 0.29) is 6.61 Å². The standard InChI is InChI=1S/C30H57N2O6P/c1-6-7-8-9-10-11-12-13-14-15-16-17-18-19-20-21-22-23-24-30(34)29(31-28(2)33)27-38-39(35,36)37-26-25-32(3,4)5/h15-16,19-20,23-24,29-30,34H,6-14,17-18,21-22,25-27H2,1-5H3,(H-,31,33,35,36)/b16-15+,20-19+,24-23+. The lowest BCUT2D eigenvalue weighted by atomic mass is 10.1. The van der Waals surface area contributed by atoms with Crippen LogP contribution in [0, 0.1) is 0 Å². The molecule has 0 aliphatic heterocycles. The van der Waals surface area contributed by atoms with Gasteiger partial charge in [-0.1, -0.05) is 88.3 Å². The van der Waals surface area contributed by atoms with E-state index in [2.05, 4.69) is 36.5 Å². The van der Waals surface area contributed by atoms with Crippen LogP contribution in [0.4, 0.5) is 0 Å². The minimum atomic E-state index is -4.54. The van der Waals surface area contributed by atoms with Gasteiger partial charge in [-0.05, 0) is 38.5 Å². The van der Waals surface area contributed by atoms with Crippen LogP contribution in [0.15, 0.2) is 36.5 Å². The molecule has 0 spiro atoms. The average molecular weight is 573 g/mol. The molecule has 228 valence electrons. The number of hydrogen-bond acceptors (Lipinski definition) is 6. The van der Waals surface area contributed by atoms with E-state index in [4.69, 9.17) is 9.05 Å². The van der Waals surface area contributed by atoms with Gasteiger partial charge in [0.15, 0.2) is 0 Å². The Labute approximate surface area is 238 Å². The molecule has 3 atom stereocenters. The third-order valence-electron chi connectivity index (χ3n) is 6.12. The number of likely N-dealkylation sites (N-methyl/N-ethyl adjacent to an activating group) is 1. The molecule has 0 aromatic rings. The number of aliphatic hydroxyl groups is 1. The highest BCUT2D eigenvalue weighted by Gasteiger charge is 2.22. The second-order valence-electron chi connectivity index (χ2n) is 11.2. The number of nitrogens with one attached hydrogen (secondary N) is 1. The molecule has 2 N–H and O–H groups in total. The van der Waals surface area contributed by atoms with Crippen molar-refractivity contribution in [1.29, 1.82) is 0 Å². The van der Waals surface area contributed by atoms with E-state index in [0.717, 1.165) is 25.7 Å². The highest BCUT2D eigenvalue weighted by atomic mass is 31.2. The average Bonchev–Trinajstić information content (AvgIpc) is 2.84. The number of hydrogen-bond donors (Lipinski definition) is 2. The van der Waals surface area contributed by atoms with E-state index >= 15 is 0 Å². The maximum atomic E-state index is 12.0. The molecular weight excluding hydrogens is 515 g/mol. The van der Waals surface area contributed by atoms with E-state index in [9.17, 15) is 19.4 Å². The van der Waals surface area contributed by atoms with E-state index in [0.29, 0.717) is 11.0 Å². The summed E-state index contributed by atoms with van der Waals surface area (Å²) >= 11 is 0. The van der Waals surface area contributed by atoms with E-state index in [1.165, 1.54) is 64.7 Å². The second kappa shape index (κ2) is 23.4. The first-order valence-corrected chi connectivity index (χ1v) is 16.3. The lowest BCUT2D eigenvalue weighted by Gasteiger charge is -2.29. The molecule has 3 unspecified atom stereocenters. The van der Waals surface area contributed by atoms with Crippen molar-refractivity contribution in [2.45, 2.75) is 109 Å². The molecule has 0 rings (SSSR count). The van der Waals surface area contributed by atoms with Crippen LogP contribution in [-0.4, -0.2) is 68.5 Å². The molecule has 0 radical (unpaired) electrons. The third kappa shape index (κ3) is 26.7. The Balaban J connectivity index is 4.12. The van der Waals surface area contributed by atoms with Crippen molar-refractivity contribution in [3.05, 3.63) is 36.5 Å². The minimum absolute atomic E-state index is 0.0132. The van der Waals surface area contributed by atoms with Crippen molar-refractivity contribution in [1.82, 2.24) is 5.32 Å². The van der Waals surface area contributed by atoms with Crippen LogP contribution >= 0.6 is 7.82 Å². The molecule has 0 heterocycles. The Morgan fingerprint density at radius 2 is 1.38 bits per heavy atom. The van der Waals surface area contributed by atoms with Crippen LogP contribution in [-0.2, 0) is 18.4 Å². The lowest BCUT2D eigenvalue weighted by molar-refractivity contribution is -0.870. The maximum absolute atomic E-state index is 12.0. The fourth-order valence-corrected chi connectivity index (χ4v) is 4.47. The number of phosphoric ester groups is 1. The monoisotopic (exact) mass is 572 g/mol. The minimum Gasteiger partial charge on any atom is -0.756 e. The normalized spacial score (nSPS) is 15.8. The third-order valence-corrected chi connectivity index (χ3v) is 7.08. The number of carbonyl (C=O) groups excluding carboxylic acids is 1. The Morgan fingerprint density at radius 3 is 1.92 bits per heavy atom. The van der Waals surface area contributed by atoms with Gasteiger partial charge < -0.3 is 28.8 Å². The number of rotatable bonds is 25. The summed E-state index contributed by atoms with van der Waals surface area (Å²) in [5.74, 6) is -0.391. The fraction of sp³-hybridized carbons (Fsp3) is 0.767. The SMILES string of the molecule is CCCCCCCCCC/C=C/CC/C=C/CC/C=C/C(O)C(COP(=O)([O-])OCC[N+](C)(C)C)NC(C)=O. The van der Waals surface area contributed by atoms with Gasteiger partial charge in [-0.3, -0.25) is 9.36 Å². The topological polar surface area (TPSA) is 108 Å². The summed E-state index contributed by atoms with van der Waals surface area (Å²) in [5, 5.41) is 13.0. The van der Waals surface area contributed by atoms with E-state index < -0.39 is 32.5 Å². The summed E-state index contributed by atoms with van der Waals surface area (Å²) in [6.45, 7) is 3.61. The number of amides is 1. The van der Waals surface area contributed by atoms with Gasteiger partial charge in [0, 0.05) is 6.92 Å². The molecule has 8 nitrogen and oxygen atoms in total. The Kier molecular flexibility index (Phi) is 22.7. The molecule has 1 amide bonds. The van der Waals surface area contributed by atoms with E-state index in [1.54, 1.807) is 6.08 Å². The Bertz CT molecular complexity index is 748. The molecule has 0 aliphatic carbocycles. The molecule has 0 fully saturated rings. The van der Waals surface area contributed by atoms with Crippen LogP contribution in [0.5, 0.6) is 0 Å². The quantitative estimate of drug-likeness (QED) is 0.0618. The number of aliphatic hydroxyl groups excluding tert-OH is 1. The van der Waals surface area contributed by atoms with Crippen molar-refractivity contribution in [3.63, 3.8) is 0 Å². The summed E-state index contributed by atoms with van der Waals surface area (Å²) in [6.07, 6.45) is 26.8. The van der Waals surface area contributed by atoms with Crippen molar-refractivity contribution in [2.75, 3.05) is 40.9 Å². The maximum Gasteiger partial charge on any atom is 0.268 e. The summed E-state index contributed by atoms with van der Waals surface area (Å²) in [5.41, 5.74) is 0. The number of unbranched alkanes of at least 4 members (excludes halogenated alkanes) is 10. The molecule has 9 heteroatoms. The van der Waals surface area contributed by atoms with Gasteiger partial charge >= 0.3 is 0 Å². The first-order valence-electron chi connectivity index (χ1n) is 14.8. The largest absolute Gasteiger partial charge is 0.756 e. The second-order valence-corrected chi connectivity index (χ2v) is 12.6. The first-order chi connectivity index (χ1) is 18.5. The number of nitrogens with zero attached hydrogens (tertiary/aromatic N) is 1. The van der Waals surface area contributed by atoms with Crippen LogP contribution < -0.4 is 10.2 Å². The summed E-state index contributed by atoms with van der Waals surface area (Å²) in [6, 6.07) is -0.906. The van der Waals surface area contributed by atoms with Gasteiger partial charge in [0.1, 0.15) is 13.2 Å².